The van der Waals surface area contributed by atoms with E-state index in [1.54, 1.807) is 0 Å². The molecule has 1 aliphatic rings. The largest absolute Gasteiger partial charge is 0.377 e. The number of aryl methyl sites for hydroxylation is 1. The monoisotopic (exact) mass is 209 g/mol. The predicted octanol–water partition coefficient (Wildman–Crippen LogP) is 1.17. The third kappa shape index (κ3) is 3.04. The average molecular weight is 209 g/mol. The van der Waals surface area contributed by atoms with Crippen molar-refractivity contribution in [2.75, 3.05) is 13.2 Å². The Morgan fingerprint density at radius 3 is 3.27 bits per heavy atom. The molecule has 4 nitrogen and oxygen atoms in total. The van der Waals surface area contributed by atoms with Crippen LogP contribution >= 0.6 is 0 Å². The Hall–Kier alpha value is -0.870. The van der Waals surface area contributed by atoms with Gasteiger partial charge in [-0.05, 0) is 19.8 Å². The van der Waals surface area contributed by atoms with Gasteiger partial charge in [0.05, 0.1) is 12.3 Å². The van der Waals surface area contributed by atoms with Crippen molar-refractivity contribution in [1.29, 1.82) is 0 Å². The zero-order valence-electron chi connectivity index (χ0n) is 9.28. The lowest BCUT2D eigenvalue weighted by Crippen LogP contribution is -2.25. The maximum atomic E-state index is 5.53. The van der Waals surface area contributed by atoms with Crippen molar-refractivity contribution in [2.24, 2.45) is 0 Å². The minimum atomic E-state index is 0.422. The van der Waals surface area contributed by atoms with Crippen LogP contribution in [0.1, 0.15) is 25.3 Å². The van der Waals surface area contributed by atoms with Crippen LogP contribution in [0.25, 0.3) is 0 Å². The van der Waals surface area contributed by atoms with Gasteiger partial charge in [0, 0.05) is 38.0 Å². The Kier molecular flexibility index (Phi) is 3.75. The second-order valence-corrected chi connectivity index (χ2v) is 3.97. The van der Waals surface area contributed by atoms with Gasteiger partial charge in [-0.25, -0.2) is 0 Å². The summed E-state index contributed by atoms with van der Waals surface area (Å²) < 4.78 is 7.48. The molecule has 1 saturated heterocycles. The predicted molar refractivity (Wildman–Crippen MR) is 58.6 cm³/mol. The summed E-state index contributed by atoms with van der Waals surface area (Å²) in [5.74, 6) is 0. The molecule has 2 heterocycles. The third-order valence-corrected chi connectivity index (χ3v) is 2.74. The highest BCUT2D eigenvalue weighted by Crippen LogP contribution is 2.10. The highest BCUT2D eigenvalue weighted by molar-refractivity contribution is 5.03. The van der Waals surface area contributed by atoms with Crippen molar-refractivity contribution < 1.29 is 4.74 Å². The van der Waals surface area contributed by atoms with E-state index in [2.05, 4.69) is 23.5 Å². The Morgan fingerprint density at radius 1 is 1.67 bits per heavy atom. The van der Waals surface area contributed by atoms with Crippen LogP contribution in [0.5, 0.6) is 0 Å². The summed E-state index contributed by atoms with van der Waals surface area (Å²) in [6.07, 6.45) is 6.83. The molecule has 1 aromatic heterocycles. The summed E-state index contributed by atoms with van der Waals surface area (Å²) in [7, 11) is 0. The summed E-state index contributed by atoms with van der Waals surface area (Å²) in [5, 5.41) is 7.63. The Labute approximate surface area is 90.6 Å². The molecule has 0 saturated carbocycles. The van der Waals surface area contributed by atoms with Crippen LogP contribution in [-0.2, 0) is 17.8 Å². The molecule has 1 atom stereocenters. The molecule has 15 heavy (non-hydrogen) atoms. The first-order valence-corrected chi connectivity index (χ1v) is 5.72. The SMILES string of the molecule is CCn1cc(CNC[C@H]2CCCO2)cn1. The van der Waals surface area contributed by atoms with Gasteiger partial charge in [0.25, 0.3) is 0 Å². The number of hydrogen-bond donors (Lipinski definition) is 1. The number of hydrogen-bond acceptors (Lipinski definition) is 3. The van der Waals surface area contributed by atoms with Gasteiger partial charge in [0.15, 0.2) is 0 Å². The van der Waals surface area contributed by atoms with Crippen molar-refractivity contribution in [3.8, 4) is 0 Å². The van der Waals surface area contributed by atoms with Crippen LogP contribution in [0.3, 0.4) is 0 Å². The van der Waals surface area contributed by atoms with E-state index in [0.717, 1.165) is 26.2 Å². The fraction of sp³-hybridized carbons (Fsp3) is 0.727. The van der Waals surface area contributed by atoms with Gasteiger partial charge in [-0.2, -0.15) is 5.10 Å². The lowest BCUT2D eigenvalue weighted by molar-refractivity contribution is 0.110. The summed E-state index contributed by atoms with van der Waals surface area (Å²) in [4.78, 5) is 0. The Bertz CT molecular complexity index is 292. The first-order valence-electron chi connectivity index (χ1n) is 5.72. The second kappa shape index (κ2) is 5.28. The Balaban J connectivity index is 1.68. The molecule has 0 aromatic carbocycles. The minimum Gasteiger partial charge on any atom is -0.377 e. The quantitative estimate of drug-likeness (QED) is 0.791. The smallest absolute Gasteiger partial charge is 0.0700 e. The number of aromatic nitrogens is 2. The molecule has 0 bridgehead atoms. The maximum absolute atomic E-state index is 5.53. The fourth-order valence-corrected chi connectivity index (χ4v) is 1.85. The summed E-state index contributed by atoms with van der Waals surface area (Å²) >= 11 is 0. The van der Waals surface area contributed by atoms with Crippen LogP contribution in [0.4, 0.5) is 0 Å². The zero-order valence-corrected chi connectivity index (χ0v) is 9.28. The van der Waals surface area contributed by atoms with Crippen LogP contribution in [0.2, 0.25) is 0 Å². The van der Waals surface area contributed by atoms with Crippen LogP contribution < -0.4 is 5.32 Å². The van der Waals surface area contributed by atoms with Crippen LogP contribution in [0.15, 0.2) is 12.4 Å². The molecule has 1 aromatic rings. The van der Waals surface area contributed by atoms with E-state index >= 15 is 0 Å². The zero-order chi connectivity index (χ0) is 10.5. The van der Waals surface area contributed by atoms with E-state index < -0.39 is 0 Å². The summed E-state index contributed by atoms with van der Waals surface area (Å²) in [5.41, 5.74) is 1.25. The number of nitrogens with one attached hydrogen (secondary N) is 1. The highest BCUT2D eigenvalue weighted by atomic mass is 16.5. The lowest BCUT2D eigenvalue weighted by atomic mass is 10.2. The first kappa shape index (κ1) is 10.6. The van der Waals surface area contributed by atoms with Crippen LogP contribution in [0, 0.1) is 0 Å². The van der Waals surface area contributed by atoms with E-state index in [9.17, 15) is 0 Å². The molecular weight excluding hydrogens is 190 g/mol. The molecule has 1 aliphatic heterocycles. The molecule has 1 fully saturated rings. The lowest BCUT2D eigenvalue weighted by Gasteiger charge is -2.09. The number of rotatable bonds is 5. The van der Waals surface area contributed by atoms with Crippen molar-refractivity contribution in [3.63, 3.8) is 0 Å². The molecule has 1 N–H and O–H groups in total. The van der Waals surface area contributed by atoms with E-state index in [1.807, 2.05) is 10.9 Å². The van der Waals surface area contributed by atoms with Gasteiger partial charge in [0.2, 0.25) is 0 Å². The molecule has 4 heteroatoms. The van der Waals surface area contributed by atoms with Crippen molar-refractivity contribution >= 4 is 0 Å². The van der Waals surface area contributed by atoms with Crippen molar-refractivity contribution in [2.45, 2.75) is 39.0 Å². The van der Waals surface area contributed by atoms with E-state index in [4.69, 9.17) is 4.74 Å². The molecular formula is C11H19N3O. The van der Waals surface area contributed by atoms with Gasteiger partial charge in [0.1, 0.15) is 0 Å². The minimum absolute atomic E-state index is 0.422. The summed E-state index contributed by atoms with van der Waals surface area (Å²) in [6, 6.07) is 0. The maximum Gasteiger partial charge on any atom is 0.0700 e. The average Bonchev–Trinajstić information content (AvgIpc) is 2.88. The van der Waals surface area contributed by atoms with Gasteiger partial charge in [-0.15, -0.1) is 0 Å². The first-order chi connectivity index (χ1) is 7.38. The normalized spacial score (nSPS) is 21.0. The van der Waals surface area contributed by atoms with Gasteiger partial charge < -0.3 is 10.1 Å². The van der Waals surface area contributed by atoms with Crippen molar-refractivity contribution in [3.05, 3.63) is 18.0 Å². The standard InChI is InChI=1S/C11H19N3O/c1-2-14-9-10(7-13-14)6-12-8-11-4-3-5-15-11/h7,9,11-12H,2-6,8H2,1H3/t11-/m1/s1. The highest BCUT2D eigenvalue weighted by Gasteiger charge is 2.14. The number of nitrogens with zero attached hydrogens (tertiary/aromatic N) is 2. The van der Waals surface area contributed by atoms with E-state index in [-0.39, 0.29) is 0 Å². The number of ether oxygens (including phenoxy) is 1. The van der Waals surface area contributed by atoms with Gasteiger partial charge in [-0.1, -0.05) is 0 Å². The second-order valence-electron chi connectivity index (χ2n) is 3.97. The molecule has 0 radical (unpaired) electrons. The van der Waals surface area contributed by atoms with E-state index in [0.29, 0.717) is 6.10 Å². The molecule has 0 amide bonds. The van der Waals surface area contributed by atoms with Crippen LogP contribution in [-0.4, -0.2) is 29.0 Å². The molecule has 2 rings (SSSR count). The molecule has 0 unspecified atom stereocenters. The topological polar surface area (TPSA) is 39.1 Å². The molecule has 0 aliphatic carbocycles. The Morgan fingerprint density at radius 2 is 2.60 bits per heavy atom. The van der Waals surface area contributed by atoms with E-state index in [1.165, 1.54) is 18.4 Å². The van der Waals surface area contributed by atoms with Gasteiger partial charge in [-0.3, -0.25) is 4.68 Å². The molecule has 84 valence electrons. The fourth-order valence-electron chi connectivity index (χ4n) is 1.85. The van der Waals surface area contributed by atoms with Crippen molar-refractivity contribution in [1.82, 2.24) is 15.1 Å². The third-order valence-electron chi connectivity index (χ3n) is 2.74. The van der Waals surface area contributed by atoms with Gasteiger partial charge >= 0.3 is 0 Å². The summed E-state index contributed by atoms with van der Waals surface area (Å²) in [6.45, 7) is 5.81. The molecule has 0 spiro atoms.